The van der Waals surface area contributed by atoms with E-state index in [1.165, 1.54) is 31.0 Å². The van der Waals surface area contributed by atoms with Crippen LogP contribution in [0.15, 0.2) is 27.8 Å². The van der Waals surface area contributed by atoms with Gasteiger partial charge in [0.05, 0.1) is 19.5 Å². The molecular formula is C19H25N3O4S. The van der Waals surface area contributed by atoms with Crippen LogP contribution in [0.2, 0.25) is 0 Å². The van der Waals surface area contributed by atoms with Crippen LogP contribution in [0.5, 0.6) is 11.5 Å². The van der Waals surface area contributed by atoms with E-state index in [0.29, 0.717) is 28.2 Å². The monoisotopic (exact) mass is 391 g/mol. The fourth-order valence-electron chi connectivity index (χ4n) is 3.08. The van der Waals surface area contributed by atoms with E-state index in [4.69, 9.17) is 13.9 Å². The predicted octanol–water partition coefficient (Wildman–Crippen LogP) is 3.68. The molecule has 1 N–H and O–H groups in total. The van der Waals surface area contributed by atoms with Gasteiger partial charge in [-0.3, -0.25) is 4.79 Å². The van der Waals surface area contributed by atoms with E-state index in [2.05, 4.69) is 15.5 Å². The molecule has 1 aliphatic rings. The molecule has 146 valence electrons. The van der Waals surface area contributed by atoms with Gasteiger partial charge in [-0.15, -0.1) is 10.2 Å². The summed E-state index contributed by atoms with van der Waals surface area (Å²) in [7, 11) is 3.17. The normalized spacial score (nSPS) is 16.0. The van der Waals surface area contributed by atoms with E-state index in [1.807, 2.05) is 6.92 Å². The fourth-order valence-corrected chi connectivity index (χ4v) is 3.77. The topological polar surface area (TPSA) is 86.5 Å². The molecule has 3 rings (SSSR count). The number of nitrogens with zero attached hydrogens (tertiary/aromatic N) is 2. The van der Waals surface area contributed by atoms with Gasteiger partial charge in [-0.25, -0.2) is 0 Å². The summed E-state index contributed by atoms with van der Waals surface area (Å²) in [5.41, 5.74) is 0.699. The zero-order chi connectivity index (χ0) is 19.2. The van der Waals surface area contributed by atoms with E-state index >= 15 is 0 Å². The standard InChI is InChI=1S/C19H25N3O4S/c1-12(17(23)20-14-7-5-4-6-8-14)27-19-22-21-18(26-19)13-9-15(24-2)11-16(10-13)25-3/h9-12,14H,4-8H2,1-3H3,(H,20,23). The quantitative estimate of drug-likeness (QED) is 0.720. The van der Waals surface area contributed by atoms with Crippen molar-refractivity contribution in [2.24, 2.45) is 0 Å². The van der Waals surface area contributed by atoms with Gasteiger partial charge in [-0.05, 0) is 31.9 Å². The highest BCUT2D eigenvalue weighted by Gasteiger charge is 2.22. The van der Waals surface area contributed by atoms with Crippen molar-refractivity contribution in [2.45, 2.75) is 55.5 Å². The van der Waals surface area contributed by atoms with Crippen molar-refractivity contribution in [1.29, 1.82) is 0 Å². The first-order valence-electron chi connectivity index (χ1n) is 9.13. The largest absolute Gasteiger partial charge is 0.497 e. The average molecular weight is 391 g/mol. The summed E-state index contributed by atoms with van der Waals surface area (Å²) in [4.78, 5) is 12.4. The molecule has 2 aromatic rings. The number of amides is 1. The lowest BCUT2D eigenvalue weighted by molar-refractivity contribution is -0.121. The maximum absolute atomic E-state index is 12.4. The maximum Gasteiger partial charge on any atom is 0.277 e. The third kappa shape index (κ3) is 5.15. The molecule has 0 bridgehead atoms. The first-order chi connectivity index (χ1) is 13.1. The summed E-state index contributed by atoms with van der Waals surface area (Å²) in [6, 6.07) is 5.65. The number of thioether (sulfide) groups is 1. The molecule has 1 amide bonds. The second-order valence-corrected chi connectivity index (χ2v) is 7.87. The number of carbonyl (C=O) groups is 1. The molecule has 1 fully saturated rings. The van der Waals surface area contributed by atoms with Crippen molar-refractivity contribution < 1.29 is 18.7 Å². The van der Waals surface area contributed by atoms with Gasteiger partial charge in [0.25, 0.3) is 5.22 Å². The minimum absolute atomic E-state index is 0.00898. The van der Waals surface area contributed by atoms with E-state index in [9.17, 15) is 4.79 Å². The molecule has 0 saturated heterocycles. The van der Waals surface area contributed by atoms with Crippen molar-refractivity contribution in [2.75, 3.05) is 14.2 Å². The average Bonchev–Trinajstić information content (AvgIpc) is 3.16. The summed E-state index contributed by atoms with van der Waals surface area (Å²) < 4.78 is 16.3. The van der Waals surface area contributed by atoms with Crippen LogP contribution in [-0.2, 0) is 4.79 Å². The first kappa shape index (κ1) is 19.5. The third-order valence-corrected chi connectivity index (χ3v) is 5.54. The van der Waals surface area contributed by atoms with Crippen molar-refractivity contribution in [1.82, 2.24) is 15.5 Å². The Hall–Kier alpha value is -2.22. The van der Waals surface area contributed by atoms with Crippen LogP contribution < -0.4 is 14.8 Å². The van der Waals surface area contributed by atoms with Crippen LogP contribution in [0.1, 0.15) is 39.0 Å². The highest BCUT2D eigenvalue weighted by atomic mass is 32.2. The lowest BCUT2D eigenvalue weighted by Gasteiger charge is -2.23. The fraction of sp³-hybridized carbons (Fsp3) is 0.526. The molecule has 8 heteroatoms. The van der Waals surface area contributed by atoms with Gasteiger partial charge in [-0.1, -0.05) is 31.0 Å². The molecule has 0 aliphatic heterocycles. The molecule has 0 radical (unpaired) electrons. The number of carbonyl (C=O) groups excluding carboxylic acids is 1. The Bertz CT molecular complexity index is 752. The van der Waals surface area contributed by atoms with Gasteiger partial charge < -0.3 is 19.2 Å². The lowest BCUT2D eigenvalue weighted by Crippen LogP contribution is -2.40. The van der Waals surface area contributed by atoms with Crippen molar-refractivity contribution in [3.05, 3.63) is 18.2 Å². The summed E-state index contributed by atoms with van der Waals surface area (Å²) >= 11 is 1.26. The van der Waals surface area contributed by atoms with E-state index in [0.717, 1.165) is 12.8 Å². The summed E-state index contributed by atoms with van der Waals surface area (Å²) in [6.07, 6.45) is 5.75. The summed E-state index contributed by atoms with van der Waals surface area (Å²) in [6.45, 7) is 1.85. The highest BCUT2D eigenvalue weighted by Crippen LogP contribution is 2.31. The molecular weight excluding hydrogens is 366 g/mol. The van der Waals surface area contributed by atoms with Crippen molar-refractivity contribution in [3.8, 4) is 23.0 Å². The molecule has 1 unspecified atom stereocenters. The SMILES string of the molecule is COc1cc(OC)cc(-c2nnc(SC(C)C(=O)NC3CCCCC3)o2)c1. The van der Waals surface area contributed by atoms with Crippen LogP contribution >= 0.6 is 11.8 Å². The van der Waals surface area contributed by atoms with Crippen molar-refractivity contribution >= 4 is 17.7 Å². The Labute approximate surface area is 163 Å². The lowest BCUT2D eigenvalue weighted by atomic mass is 9.95. The van der Waals surface area contributed by atoms with Gasteiger partial charge >= 0.3 is 0 Å². The Kier molecular flexibility index (Phi) is 6.60. The molecule has 1 aromatic carbocycles. The van der Waals surface area contributed by atoms with Crippen LogP contribution in [0.25, 0.3) is 11.5 Å². The minimum atomic E-state index is -0.305. The summed E-state index contributed by atoms with van der Waals surface area (Å²) in [5.74, 6) is 1.64. The number of rotatable bonds is 7. The molecule has 1 aliphatic carbocycles. The van der Waals surface area contributed by atoms with Crippen molar-refractivity contribution in [3.63, 3.8) is 0 Å². The Balaban J connectivity index is 1.64. The zero-order valence-corrected chi connectivity index (χ0v) is 16.7. The summed E-state index contributed by atoms with van der Waals surface area (Å²) in [5, 5.41) is 11.3. The van der Waals surface area contributed by atoms with Crippen LogP contribution in [0, 0.1) is 0 Å². The zero-order valence-electron chi connectivity index (χ0n) is 15.9. The van der Waals surface area contributed by atoms with Crippen LogP contribution in [-0.4, -0.2) is 41.6 Å². The number of aromatic nitrogens is 2. The maximum atomic E-state index is 12.4. The number of hydrogen-bond acceptors (Lipinski definition) is 7. The molecule has 0 spiro atoms. The second kappa shape index (κ2) is 9.12. The highest BCUT2D eigenvalue weighted by molar-refractivity contribution is 8.00. The van der Waals surface area contributed by atoms with Gasteiger partial charge in [0.1, 0.15) is 11.5 Å². The molecule has 1 aromatic heterocycles. The van der Waals surface area contributed by atoms with Crippen LogP contribution in [0.4, 0.5) is 0 Å². The molecule has 1 saturated carbocycles. The Morgan fingerprint density at radius 3 is 2.44 bits per heavy atom. The molecule has 27 heavy (non-hydrogen) atoms. The van der Waals surface area contributed by atoms with Gasteiger partial charge in [0.15, 0.2) is 0 Å². The third-order valence-electron chi connectivity index (χ3n) is 4.60. The first-order valence-corrected chi connectivity index (χ1v) is 10.0. The predicted molar refractivity (Wildman–Crippen MR) is 103 cm³/mol. The number of methoxy groups -OCH3 is 2. The van der Waals surface area contributed by atoms with Crippen LogP contribution in [0.3, 0.4) is 0 Å². The van der Waals surface area contributed by atoms with Gasteiger partial charge in [0, 0.05) is 17.7 Å². The second-order valence-electron chi connectivity index (χ2n) is 6.58. The number of nitrogens with one attached hydrogen (secondary N) is 1. The smallest absolute Gasteiger partial charge is 0.277 e. The Morgan fingerprint density at radius 2 is 1.81 bits per heavy atom. The van der Waals surface area contributed by atoms with E-state index < -0.39 is 0 Å². The number of benzene rings is 1. The van der Waals surface area contributed by atoms with E-state index in [1.54, 1.807) is 32.4 Å². The number of hydrogen-bond donors (Lipinski definition) is 1. The molecule has 1 heterocycles. The van der Waals surface area contributed by atoms with E-state index in [-0.39, 0.29) is 17.2 Å². The van der Waals surface area contributed by atoms with Gasteiger partial charge in [-0.2, -0.15) is 0 Å². The van der Waals surface area contributed by atoms with Gasteiger partial charge in [0.2, 0.25) is 11.8 Å². The minimum Gasteiger partial charge on any atom is -0.497 e. The number of ether oxygens (including phenoxy) is 2. The Morgan fingerprint density at radius 1 is 1.15 bits per heavy atom. The molecule has 7 nitrogen and oxygen atoms in total. The molecule has 1 atom stereocenters.